The lowest BCUT2D eigenvalue weighted by Gasteiger charge is -2.23. The van der Waals surface area contributed by atoms with Crippen LogP contribution in [0, 0.1) is 10.1 Å². The Hall–Kier alpha value is -2.14. The molecule has 0 aliphatic heterocycles. The molecule has 0 fully saturated rings. The van der Waals surface area contributed by atoms with Gasteiger partial charge in [-0.3, -0.25) is 10.1 Å². The molecular formula is C14H14ClN3O2. The van der Waals surface area contributed by atoms with Crippen LogP contribution in [0.25, 0.3) is 0 Å². The number of aromatic nitrogens is 1. The fourth-order valence-electron chi connectivity index (χ4n) is 1.92. The molecule has 1 heterocycles. The Morgan fingerprint density at radius 1 is 1.20 bits per heavy atom. The molecule has 0 aliphatic rings. The highest BCUT2D eigenvalue weighted by atomic mass is 35.5. The molecule has 0 unspecified atom stereocenters. The molecule has 6 heteroatoms. The second-order valence-electron chi connectivity index (χ2n) is 4.13. The minimum absolute atomic E-state index is 0.00840. The van der Waals surface area contributed by atoms with Crippen LogP contribution in [0.5, 0.6) is 0 Å². The van der Waals surface area contributed by atoms with Gasteiger partial charge in [0, 0.05) is 30.4 Å². The van der Waals surface area contributed by atoms with Crippen molar-refractivity contribution < 1.29 is 4.92 Å². The molecule has 104 valence electrons. The normalized spacial score (nSPS) is 10.2. The van der Waals surface area contributed by atoms with Crippen LogP contribution >= 0.6 is 11.6 Å². The minimum atomic E-state index is -0.418. The average Bonchev–Trinajstić information content (AvgIpc) is 2.49. The molecule has 0 saturated heterocycles. The van der Waals surface area contributed by atoms with Gasteiger partial charge in [-0.05, 0) is 24.6 Å². The molecule has 0 atom stereocenters. The van der Waals surface area contributed by atoms with Gasteiger partial charge in [0.2, 0.25) is 5.82 Å². The van der Waals surface area contributed by atoms with Crippen LogP contribution in [-0.2, 0) is 0 Å². The molecule has 2 rings (SSSR count). The Kier molecular flexibility index (Phi) is 4.90. The van der Waals surface area contributed by atoms with Gasteiger partial charge < -0.3 is 4.90 Å². The first-order valence-electron chi connectivity index (χ1n) is 6.22. The summed E-state index contributed by atoms with van der Waals surface area (Å²) >= 11 is 5.74. The molecule has 0 bridgehead atoms. The van der Waals surface area contributed by atoms with E-state index in [9.17, 15) is 10.1 Å². The number of rotatable bonds is 6. The summed E-state index contributed by atoms with van der Waals surface area (Å²) in [5.41, 5.74) is 0.852. The van der Waals surface area contributed by atoms with Gasteiger partial charge in [0.1, 0.15) is 0 Å². The SMILES string of the molecule is O=[N+]([O-])c1cccnc1N(CCCCl)c1ccccc1. The van der Waals surface area contributed by atoms with Crippen molar-refractivity contribution in [3.05, 3.63) is 58.8 Å². The van der Waals surface area contributed by atoms with Crippen LogP contribution in [0.3, 0.4) is 0 Å². The van der Waals surface area contributed by atoms with E-state index in [0.29, 0.717) is 24.7 Å². The Balaban J connectivity index is 2.44. The lowest BCUT2D eigenvalue weighted by atomic mass is 10.2. The number of para-hydroxylation sites is 1. The highest BCUT2D eigenvalue weighted by Crippen LogP contribution is 2.31. The second kappa shape index (κ2) is 6.86. The van der Waals surface area contributed by atoms with Gasteiger partial charge in [-0.1, -0.05) is 18.2 Å². The van der Waals surface area contributed by atoms with Crippen molar-refractivity contribution in [2.75, 3.05) is 17.3 Å². The Morgan fingerprint density at radius 2 is 1.95 bits per heavy atom. The van der Waals surface area contributed by atoms with Crippen LogP contribution in [0.1, 0.15) is 6.42 Å². The molecule has 0 radical (unpaired) electrons. The van der Waals surface area contributed by atoms with Gasteiger partial charge in [0.25, 0.3) is 0 Å². The van der Waals surface area contributed by atoms with E-state index in [2.05, 4.69) is 4.98 Å². The van der Waals surface area contributed by atoms with Crippen LogP contribution in [-0.4, -0.2) is 22.3 Å². The summed E-state index contributed by atoms with van der Waals surface area (Å²) in [5.74, 6) is 0.832. The monoisotopic (exact) mass is 291 g/mol. The number of nitrogens with zero attached hydrogens (tertiary/aromatic N) is 3. The van der Waals surface area contributed by atoms with Crippen LogP contribution in [0.4, 0.5) is 17.2 Å². The first kappa shape index (κ1) is 14.3. The topological polar surface area (TPSA) is 59.3 Å². The van der Waals surface area contributed by atoms with Crippen molar-refractivity contribution in [1.82, 2.24) is 4.98 Å². The molecule has 0 aliphatic carbocycles. The van der Waals surface area contributed by atoms with E-state index in [-0.39, 0.29) is 5.69 Å². The number of hydrogen-bond acceptors (Lipinski definition) is 4. The molecule has 0 spiro atoms. The molecular weight excluding hydrogens is 278 g/mol. The van der Waals surface area contributed by atoms with Gasteiger partial charge in [-0.25, -0.2) is 4.98 Å². The maximum Gasteiger partial charge on any atom is 0.311 e. The molecule has 0 saturated carbocycles. The summed E-state index contributed by atoms with van der Waals surface area (Å²) in [4.78, 5) is 16.7. The van der Waals surface area contributed by atoms with Crippen molar-refractivity contribution in [3.63, 3.8) is 0 Å². The number of hydrogen-bond donors (Lipinski definition) is 0. The third-order valence-corrected chi connectivity index (χ3v) is 3.07. The van der Waals surface area contributed by atoms with E-state index in [1.165, 1.54) is 6.07 Å². The summed E-state index contributed by atoms with van der Waals surface area (Å²) in [7, 11) is 0. The first-order chi connectivity index (χ1) is 9.74. The molecule has 20 heavy (non-hydrogen) atoms. The van der Waals surface area contributed by atoms with Crippen molar-refractivity contribution in [1.29, 1.82) is 0 Å². The molecule has 5 nitrogen and oxygen atoms in total. The van der Waals surface area contributed by atoms with Crippen molar-refractivity contribution in [2.24, 2.45) is 0 Å². The predicted molar refractivity (Wildman–Crippen MR) is 79.7 cm³/mol. The largest absolute Gasteiger partial charge is 0.321 e. The van der Waals surface area contributed by atoms with Crippen molar-refractivity contribution in [3.8, 4) is 0 Å². The summed E-state index contributed by atoms with van der Waals surface area (Å²) < 4.78 is 0. The quantitative estimate of drug-likeness (QED) is 0.462. The molecule has 2 aromatic rings. The zero-order chi connectivity index (χ0) is 14.4. The molecule has 0 amide bonds. The third kappa shape index (κ3) is 3.24. The van der Waals surface area contributed by atoms with Crippen molar-refractivity contribution in [2.45, 2.75) is 6.42 Å². The molecule has 0 N–H and O–H groups in total. The first-order valence-corrected chi connectivity index (χ1v) is 6.75. The van der Waals surface area contributed by atoms with Gasteiger partial charge in [-0.2, -0.15) is 0 Å². The number of benzene rings is 1. The molecule has 1 aromatic heterocycles. The second-order valence-corrected chi connectivity index (χ2v) is 4.51. The fraction of sp³-hybridized carbons (Fsp3) is 0.214. The Morgan fingerprint density at radius 3 is 2.60 bits per heavy atom. The van der Waals surface area contributed by atoms with Crippen LogP contribution in [0.15, 0.2) is 48.7 Å². The zero-order valence-electron chi connectivity index (χ0n) is 10.8. The number of alkyl halides is 1. The van der Waals surface area contributed by atoms with E-state index in [0.717, 1.165) is 5.69 Å². The van der Waals surface area contributed by atoms with E-state index in [1.54, 1.807) is 12.3 Å². The number of halogens is 1. The third-order valence-electron chi connectivity index (χ3n) is 2.80. The van der Waals surface area contributed by atoms with Gasteiger partial charge in [0.15, 0.2) is 0 Å². The van der Waals surface area contributed by atoms with Crippen LogP contribution < -0.4 is 4.90 Å². The van der Waals surface area contributed by atoms with E-state index in [1.807, 2.05) is 35.2 Å². The molecule has 1 aromatic carbocycles. The standard InChI is InChI=1S/C14H14ClN3O2/c15-9-5-11-17(12-6-2-1-3-7-12)14-13(18(19)20)8-4-10-16-14/h1-4,6-8,10H,5,9,11H2. The van der Waals surface area contributed by atoms with E-state index >= 15 is 0 Å². The lowest BCUT2D eigenvalue weighted by molar-refractivity contribution is -0.384. The van der Waals surface area contributed by atoms with E-state index < -0.39 is 4.92 Å². The predicted octanol–water partition coefficient (Wildman–Crippen LogP) is 3.76. The van der Waals surface area contributed by atoms with Gasteiger partial charge in [0.05, 0.1) is 4.92 Å². The van der Waals surface area contributed by atoms with Gasteiger partial charge >= 0.3 is 5.69 Å². The number of anilines is 2. The lowest BCUT2D eigenvalue weighted by Crippen LogP contribution is -2.21. The van der Waals surface area contributed by atoms with E-state index in [4.69, 9.17) is 11.6 Å². The average molecular weight is 292 g/mol. The Labute approximate surface area is 122 Å². The van der Waals surface area contributed by atoms with Gasteiger partial charge in [-0.15, -0.1) is 11.6 Å². The summed E-state index contributed by atoms with van der Waals surface area (Å²) in [5, 5.41) is 11.1. The number of pyridine rings is 1. The Bertz CT molecular complexity index is 578. The summed E-state index contributed by atoms with van der Waals surface area (Å²) in [6, 6.07) is 12.5. The highest BCUT2D eigenvalue weighted by Gasteiger charge is 2.21. The maximum absolute atomic E-state index is 11.1. The summed E-state index contributed by atoms with van der Waals surface area (Å²) in [6.45, 7) is 0.575. The highest BCUT2D eigenvalue weighted by molar-refractivity contribution is 6.17. The zero-order valence-corrected chi connectivity index (χ0v) is 11.5. The minimum Gasteiger partial charge on any atom is -0.321 e. The maximum atomic E-state index is 11.1. The fourth-order valence-corrected chi connectivity index (χ4v) is 2.04. The van der Waals surface area contributed by atoms with Crippen molar-refractivity contribution >= 4 is 28.8 Å². The smallest absolute Gasteiger partial charge is 0.311 e. The van der Waals surface area contributed by atoms with Crippen LogP contribution in [0.2, 0.25) is 0 Å². The summed E-state index contributed by atoms with van der Waals surface area (Å²) in [6.07, 6.45) is 2.27. The number of nitro groups is 1.